The minimum atomic E-state index is -0.0193. The van der Waals surface area contributed by atoms with Gasteiger partial charge in [-0.05, 0) is 0 Å². The van der Waals surface area contributed by atoms with Crippen molar-refractivity contribution in [3.63, 3.8) is 0 Å². The number of hydrogen-bond donors (Lipinski definition) is 1. The molecule has 4 heteroatoms. The Kier molecular flexibility index (Phi) is 1.53. The summed E-state index contributed by atoms with van der Waals surface area (Å²) < 4.78 is 0. The van der Waals surface area contributed by atoms with Gasteiger partial charge in [0.2, 0.25) is 0 Å². The standard InChI is InChI=1S/C6H11N3O/c1-8-3-5(7)4-9(2)6(8)10/h3H,4,7H2,1-2H3. The number of hydrogen-bond acceptors (Lipinski definition) is 2. The van der Waals surface area contributed by atoms with Crippen LogP contribution in [-0.4, -0.2) is 36.5 Å². The van der Waals surface area contributed by atoms with Crippen molar-refractivity contribution in [2.24, 2.45) is 5.73 Å². The van der Waals surface area contributed by atoms with Crippen molar-refractivity contribution in [2.45, 2.75) is 0 Å². The number of carbonyl (C=O) groups excluding carboxylic acids is 1. The SMILES string of the molecule is CN1C=C(N)CN(C)C1=O. The van der Waals surface area contributed by atoms with Crippen molar-refractivity contribution < 1.29 is 4.79 Å². The van der Waals surface area contributed by atoms with Gasteiger partial charge in [0, 0.05) is 26.0 Å². The molecule has 0 aromatic carbocycles. The van der Waals surface area contributed by atoms with Gasteiger partial charge in [0.15, 0.2) is 0 Å². The van der Waals surface area contributed by atoms with Gasteiger partial charge in [0.1, 0.15) is 0 Å². The fourth-order valence-corrected chi connectivity index (χ4v) is 0.956. The summed E-state index contributed by atoms with van der Waals surface area (Å²) in [5.41, 5.74) is 6.22. The lowest BCUT2D eigenvalue weighted by Crippen LogP contribution is -2.42. The monoisotopic (exact) mass is 141 g/mol. The Morgan fingerprint density at radius 1 is 1.60 bits per heavy atom. The second-order valence-corrected chi connectivity index (χ2v) is 2.45. The Balaban J connectivity index is 2.79. The second kappa shape index (κ2) is 2.21. The van der Waals surface area contributed by atoms with Crippen LogP contribution >= 0.6 is 0 Å². The van der Waals surface area contributed by atoms with Crippen molar-refractivity contribution in [2.75, 3.05) is 20.6 Å². The van der Waals surface area contributed by atoms with Crippen molar-refractivity contribution in [3.8, 4) is 0 Å². The molecular formula is C6H11N3O. The third kappa shape index (κ3) is 1.05. The molecule has 0 aromatic heterocycles. The Morgan fingerprint density at radius 2 is 2.20 bits per heavy atom. The van der Waals surface area contributed by atoms with E-state index >= 15 is 0 Å². The van der Waals surface area contributed by atoms with E-state index in [0.29, 0.717) is 12.2 Å². The first-order valence-corrected chi connectivity index (χ1v) is 3.05. The van der Waals surface area contributed by atoms with Crippen LogP contribution in [0.15, 0.2) is 11.9 Å². The molecule has 0 saturated heterocycles. The van der Waals surface area contributed by atoms with Crippen LogP contribution in [0.2, 0.25) is 0 Å². The van der Waals surface area contributed by atoms with Crippen molar-refractivity contribution >= 4 is 6.03 Å². The molecule has 0 aromatic rings. The van der Waals surface area contributed by atoms with Gasteiger partial charge in [-0.25, -0.2) is 4.79 Å². The van der Waals surface area contributed by atoms with Gasteiger partial charge in [-0.3, -0.25) is 0 Å². The summed E-state index contributed by atoms with van der Waals surface area (Å²) in [7, 11) is 3.41. The molecule has 0 radical (unpaired) electrons. The van der Waals surface area contributed by atoms with Crippen molar-refractivity contribution in [1.82, 2.24) is 9.80 Å². The summed E-state index contributed by atoms with van der Waals surface area (Å²) in [6, 6.07) is -0.0193. The van der Waals surface area contributed by atoms with Crippen LogP contribution in [0.3, 0.4) is 0 Å². The lowest BCUT2D eigenvalue weighted by molar-refractivity contribution is 0.184. The molecule has 0 aliphatic carbocycles. The maximum Gasteiger partial charge on any atom is 0.323 e. The summed E-state index contributed by atoms with van der Waals surface area (Å²) >= 11 is 0. The average Bonchev–Trinajstić information content (AvgIpc) is 1.82. The van der Waals surface area contributed by atoms with E-state index in [1.165, 1.54) is 4.90 Å². The van der Waals surface area contributed by atoms with Crippen LogP contribution in [-0.2, 0) is 0 Å². The molecule has 1 aliphatic rings. The molecule has 0 spiro atoms. The molecular weight excluding hydrogens is 130 g/mol. The molecule has 56 valence electrons. The summed E-state index contributed by atoms with van der Waals surface area (Å²) in [5.74, 6) is 0. The molecule has 10 heavy (non-hydrogen) atoms. The number of urea groups is 1. The van der Waals surface area contributed by atoms with E-state index in [1.54, 1.807) is 25.2 Å². The summed E-state index contributed by atoms with van der Waals surface area (Å²) in [6.07, 6.45) is 1.64. The van der Waals surface area contributed by atoms with Crippen LogP contribution in [0.1, 0.15) is 0 Å². The quantitative estimate of drug-likeness (QED) is 0.507. The van der Waals surface area contributed by atoms with E-state index < -0.39 is 0 Å². The summed E-state index contributed by atoms with van der Waals surface area (Å²) in [5, 5.41) is 0. The highest BCUT2D eigenvalue weighted by Crippen LogP contribution is 2.04. The smallest absolute Gasteiger partial charge is 0.323 e. The lowest BCUT2D eigenvalue weighted by Gasteiger charge is -2.27. The normalized spacial score (nSPS) is 19.4. The molecule has 0 bridgehead atoms. The van der Waals surface area contributed by atoms with Gasteiger partial charge in [-0.1, -0.05) is 0 Å². The molecule has 0 fully saturated rings. The molecule has 2 N–H and O–H groups in total. The van der Waals surface area contributed by atoms with Crippen molar-refractivity contribution in [1.29, 1.82) is 0 Å². The number of likely N-dealkylation sites (N-methyl/N-ethyl adjacent to an activating group) is 1. The molecule has 0 atom stereocenters. The van der Waals surface area contributed by atoms with E-state index in [1.807, 2.05) is 0 Å². The van der Waals surface area contributed by atoms with E-state index in [9.17, 15) is 4.79 Å². The first-order chi connectivity index (χ1) is 4.61. The Labute approximate surface area is 59.9 Å². The molecule has 1 aliphatic heterocycles. The lowest BCUT2D eigenvalue weighted by atomic mass is 10.4. The minimum Gasteiger partial charge on any atom is -0.399 e. The van der Waals surface area contributed by atoms with E-state index in [-0.39, 0.29) is 6.03 Å². The topological polar surface area (TPSA) is 49.6 Å². The number of nitrogens with zero attached hydrogens (tertiary/aromatic N) is 2. The highest BCUT2D eigenvalue weighted by atomic mass is 16.2. The van der Waals surface area contributed by atoms with Crippen LogP contribution in [0.4, 0.5) is 4.79 Å². The second-order valence-electron chi connectivity index (χ2n) is 2.45. The van der Waals surface area contributed by atoms with Crippen LogP contribution in [0.25, 0.3) is 0 Å². The maximum atomic E-state index is 11.0. The fourth-order valence-electron chi connectivity index (χ4n) is 0.956. The largest absolute Gasteiger partial charge is 0.399 e. The molecule has 1 heterocycles. The first kappa shape index (κ1) is 6.92. The zero-order chi connectivity index (χ0) is 7.72. The zero-order valence-electron chi connectivity index (χ0n) is 6.16. The third-order valence-electron chi connectivity index (χ3n) is 1.41. The van der Waals surface area contributed by atoms with Gasteiger partial charge < -0.3 is 15.5 Å². The van der Waals surface area contributed by atoms with E-state index in [2.05, 4.69) is 0 Å². The van der Waals surface area contributed by atoms with Gasteiger partial charge in [0.25, 0.3) is 0 Å². The van der Waals surface area contributed by atoms with Gasteiger partial charge in [-0.15, -0.1) is 0 Å². The summed E-state index contributed by atoms with van der Waals surface area (Å²) in [4.78, 5) is 14.1. The number of amides is 2. The molecule has 4 nitrogen and oxygen atoms in total. The van der Waals surface area contributed by atoms with Crippen LogP contribution in [0, 0.1) is 0 Å². The third-order valence-corrected chi connectivity index (χ3v) is 1.41. The number of carbonyl (C=O) groups is 1. The zero-order valence-corrected chi connectivity index (χ0v) is 6.16. The number of rotatable bonds is 0. The predicted molar refractivity (Wildman–Crippen MR) is 38.1 cm³/mol. The van der Waals surface area contributed by atoms with Crippen LogP contribution < -0.4 is 5.73 Å². The molecule has 0 saturated carbocycles. The highest BCUT2D eigenvalue weighted by Gasteiger charge is 2.17. The Morgan fingerprint density at radius 3 is 2.70 bits per heavy atom. The molecule has 2 amide bonds. The predicted octanol–water partition coefficient (Wildman–Crippen LogP) is -0.216. The maximum absolute atomic E-state index is 11.0. The molecule has 0 unspecified atom stereocenters. The van der Waals surface area contributed by atoms with Crippen molar-refractivity contribution in [3.05, 3.63) is 11.9 Å². The Hall–Kier alpha value is -1.19. The average molecular weight is 141 g/mol. The molecule has 1 rings (SSSR count). The van der Waals surface area contributed by atoms with Gasteiger partial charge in [-0.2, -0.15) is 0 Å². The number of nitrogens with two attached hydrogens (primary N) is 1. The fraction of sp³-hybridized carbons (Fsp3) is 0.500. The highest BCUT2D eigenvalue weighted by molar-refractivity contribution is 5.76. The van der Waals surface area contributed by atoms with E-state index in [4.69, 9.17) is 5.73 Å². The van der Waals surface area contributed by atoms with Crippen LogP contribution in [0.5, 0.6) is 0 Å². The Bertz CT molecular complexity index is 187. The van der Waals surface area contributed by atoms with E-state index in [0.717, 1.165) is 0 Å². The van der Waals surface area contributed by atoms with Gasteiger partial charge in [0.05, 0.1) is 6.54 Å². The van der Waals surface area contributed by atoms with Gasteiger partial charge >= 0.3 is 6.03 Å². The first-order valence-electron chi connectivity index (χ1n) is 3.05. The summed E-state index contributed by atoms with van der Waals surface area (Å²) in [6.45, 7) is 0.531. The minimum absolute atomic E-state index is 0.0193.